The Morgan fingerprint density at radius 3 is 2.54 bits per heavy atom. The summed E-state index contributed by atoms with van der Waals surface area (Å²) in [6.45, 7) is 5.22. The fourth-order valence-corrected chi connectivity index (χ4v) is 5.16. The zero-order chi connectivity index (χ0) is 25.4. The van der Waals surface area contributed by atoms with Crippen molar-refractivity contribution >= 4 is 27.5 Å². The van der Waals surface area contributed by atoms with Gasteiger partial charge in [0, 0.05) is 25.6 Å². The molecule has 3 rings (SSSR count). The number of carbonyl (C=O) groups is 2. The Bertz CT molecular complexity index is 1150. The third-order valence-corrected chi connectivity index (χ3v) is 7.81. The molecule has 0 spiro atoms. The van der Waals surface area contributed by atoms with E-state index in [0.29, 0.717) is 48.9 Å². The molecule has 0 bridgehead atoms. The fourth-order valence-electron chi connectivity index (χ4n) is 3.70. The maximum atomic E-state index is 13.0. The van der Waals surface area contributed by atoms with Gasteiger partial charge >= 0.3 is 0 Å². The van der Waals surface area contributed by atoms with E-state index in [9.17, 15) is 18.0 Å². The van der Waals surface area contributed by atoms with E-state index in [4.69, 9.17) is 9.47 Å². The quantitative estimate of drug-likeness (QED) is 0.515. The van der Waals surface area contributed by atoms with Crippen LogP contribution >= 0.6 is 0 Å². The van der Waals surface area contributed by atoms with Crippen molar-refractivity contribution in [3.05, 3.63) is 53.6 Å². The van der Waals surface area contributed by atoms with Gasteiger partial charge in [0.25, 0.3) is 5.91 Å². The van der Waals surface area contributed by atoms with Crippen molar-refractivity contribution in [3.8, 4) is 5.75 Å². The van der Waals surface area contributed by atoms with Crippen LogP contribution in [0, 0.1) is 0 Å². The molecule has 0 radical (unpaired) electrons. The van der Waals surface area contributed by atoms with Gasteiger partial charge in [-0.25, -0.2) is 8.42 Å². The Balaban J connectivity index is 1.71. The van der Waals surface area contributed by atoms with Gasteiger partial charge in [0.1, 0.15) is 5.75 Å². The van der Waals surface area contributed by atoms with Crippen LogP contribution in [-0.4, -0.2) is 64.0 Å². The summed E-state index contributed by atoms with van der Waals surface area (Å²) in [5, 5.41) is 5.71. The summed E-state index contributed by atoms with van der Waals surface area (Å²) < 4.78 is 38.1. The van der Waals surface area contributed by atoms with Gasteiger partial charge in [0.2, 0.25) is 15.9 Å². The summed E-state index contributed by atoms with van der Waals surface area (Å²) in [6, 6.07) is 11.5. The predicted octanol–water partition coefficient (Wildman–Crippen LogP) is 2.82. The topological polar surface area (TPSA) is 114 Å². The first-order valence-corrected chi connectivity index (χ1v) is 13.1. The molecule has 10 heteroatoms. The number of anilines is 1. The normalized spacial score (nSPS) is 15.3. The molecule has 1 atom stereocenters. The average Bonchev–Trinajstić information content (AvgIpc) is 2.87. The van der Waals surface area contributed by atoms with Crippen molar-refractivity contribution < 1.29 is 27.5 Å². The van der Waals surface area contributed by atoms with E-state index in [1.54, 1.807) is 36.4 Å². The number of nitrogens with zero attached hydrogens (tertiary/aromatic N) is 1. The minimum atomic E-state index is -3.67. The van der Waals surface area contributed by atoms with Crippen molar-refractivity contribution in [3.63, 3.8) is 0 Å². The van der Waals surface area contributed by atoms with Gasteiger partial charge in [-0.1, -0.05) is 19.1 Å². The van der Waals surface area contributed by atoms with E-state index in [1.807, 2.05) is 13.8 Å². The Labute approximate surface area is 206 Å². The van der Waals surface area contributed by atoms with E-state index in [1.165, 1.54) is 17.5 Å². The van der Waals surface area contributed by atoms with Crippen LogP contribution in [0.3, 0.4) is 0 Å². The van der Waals surface area contributed by atoms with E-state index in [-0.39, 0.29) is 35.6 Å². The monoisotopic (exact) mass is 503 g/mol. The lowest BCUT2D eigenvalue weighted by Gasteiger charge is -2.26. The standard InChI is InChI=1S/C25H33N3O6S/c1-4-18(2)26-25(30)21-7-5-6-8-22(21)27-24(29)12-9-19-17-20(10-11-23(19)33-3)35(31,32)28-13-15-34-16-14-28/h5-8,10-11,17-18H,4,9,12-16H2,1-3H3,(H,26,30)(H,27,29)/t18-/m1/s1. The number of sulfonamides is 1. The Morgan fingerprint density at radius 1 is 1.14 bits per heavy atom. The lowest BCUT2D eigenvalue weighted by Crippen LogP contribution is -2.40. The zero-order valence-electron chi connectivity index (χ0n) is 20.4. The number of methoxy groups -OCH3 is 1. The highest BCUT2D eigenvalue weighted by Crippen LogP contribution is 2.26. The molecule has 2 aromatic rings. The van der Waals surface area contributed by atoms with Crippen molar-refractivity contribution in [2.75, 3.05) is 38.7 Å². The highest BCUT2D eigenvalue weighted by Gasteiger charge is 2.27. The van der Waals surface area contributed by atoms with E-state index in [0.717, 1.165) is 6.42 Å². The molecule has 190 valence electrons. The van der Waals surface area contributed by atoms with Crippen molar-refractivity contribution in [1.29, 1.82) is 0 Å². The molecule has 1 aliphatic rings. The number of para-hydroxylation sites is 1. The summed E-state index contributed by atoms with van der Waals surface area (Å²) in [6.07, 6.45) is 1.14. The number of hydrogen-bond acceptors (Lipinski definition) is 6. The summed E-state index contributed by atoms with van der Waals surface area (Å²) in [7, 11) is -2.17. The number of rotatable bonds is 10. The van der Waals surface area contributed by atoms with Crippen molar-refractivity contribution in [2.24, 2.45) is 0 Å². The van der Waals surface area contributed by atoms with Crippen molar-refractivity contribution in [1.82, 2.24) is 9.62 Å². The molecule has 2 N–H and O–H groups in total. The van der Waals surface area contributed by atoms with Crippen LogP contribution in [0.1, 0.15) is 42.6 Å². The second kappa shape index (κ2) is 12.1. The van der Waals surface area contributed by atoms with Crippen molar-refractivity contribution in [2.45, 2.75) is 44.0 Å². The third-order valence-electron chi connectivity index (χ3n) is 5.92. The summed E-state index contributed by atoms with van der Waals surface area (Å²) >= 11 is 0. The molecule has 0 unspecified atom stereocenters. The lowest BCUT2D eigenvalue weighted by molar-refractivity contribution is -0.116. The van der Waals surface area contributed by atoms with Gasteiger partial charge in [0.05, 0.1) is 36.5 Å². The van der Waals surface area contributed by atoms with Crippen LogP contribution in [0.5, 0.6) is 5.75 Å². The molecule has 1 aliphatic heterocycles. The van der Waals surface area contributed by atoms with Gasteiger partial charge in [-0.15, -0.1) is 0 Å². The number of amides is 2. The molecule has 9 nitrogen and oxygen atoms in total. The molecule has 2 aromatic carbocycles. The largest absolute Gasteiger partial charge is 0.496 e. The van der Waals surface area contributed by atoms with Gasteiger partial charge in [-0.05, 0) is 55.7 Å². The molecule has 1 heterocycles. The molecule has 0 saturated carbocycles. The molecule has 1 saturated heterocycles. The third kappa shape index (κ3) is 6.81. The summed E-state index contributed by atoms with van der Waals surface area (Å²) in [5.41, 5.74) is 1.42. The maximum absolute atomic E-state index is 13.0. The molecule has 0 aromatic heterocycles. The predicted molar refractivity (Wildman–Crippen MR) is 133 cm³/mol. The Kier molecular flexibility index (Phi) is 9.25. The second-order valence-electron chi connectivity index (χ2n) is 8.37. The number of benzene rings is 2. The minimum absolute atomic E-state index is 0.0136. The number of hydrogen-bond donors (Lipinski definition) is 2. The van der Waals surface area contributed by atoms with Crippen LogP contribution in [0.15, 0.2) is 47.4 Å². The molecule has 2 amide bonds. The van der Waals surface area contributed by atoms with Gasteiger partial charge < -0.3 is 20.1 Å². The van der Waals surface area contributed by atoms with Gasteiger partial charge in [-0.2, -0.15) is 4.31 Å². The molecular weight excluding hydrogens is 470 g/mol. The van der Waals surface area contributed by atoms with Gasteiger partial charge in [0.15, 0.2) is 0 Å². The molecule has 1 fully saturated rings. The first-order valence-electron chi connectivity index (χ1n) is 11.7. The number of carbonyl (C=O) groups excluding carboxylic acids is 2. The lowest BCUT2D eigenvalue weighted by atomic mass is 10.1. The van der Waals surface area contributed by atoms with E-state index in [2.05, 4.69) is 10.6 Å². The van der Waals surface area contributed by atoms with Crippen LogP contribution in [-0.2, 0) is 26.0 Å². The molecule has 35 heavy (non-hydrogen) atoms. The SMILES string of the molecule is CC[C@@H](C)NC(=O)c1ccccc1NC(=O)CCc1cc(S(=O)(=O)N2CCOCC2)ccc1OC. The molecule has 0 aliphatic carbocycles. The number of aryl methyl sites for hydroxylation is 1. The minimum Gasteiger partial charge on any atom is -0.496 e. The van der Waals surface area contributed by atoms with Crippen LogP contribution in [0.25, 0.3) is 0 Å². The molecular formula is C25H33N3O6S. The van der Waals surface area contributed by atoms with Crippen LogP contribution in [0.2, 0.25) is 0 Å². The average molecular weight is 504 g/mol. The summed E-state index contributed by atoms with van der Waals surface area (Å²) in [5.74, 6) is -0.0396. The number of nitrogens with one attached hydrogen (secondary N) is 2. The smallest absolute Gasteiger partial charge is 0.253 e. The summed E-state index contributed by atoms with van der Waals surface area (Å²) in [4.78, 5) is 25.5. The second-order valence-corrected chi connectivity index (χ2v) is 10.3. The van der Waals surface area contributed by atoms with Crippen LogP contribution in [0.4, 0.5) is 5.69 Å². The Morgan fingerprint density at radius 2 is 1.86 bits per heavy atom. The number of morpholine rings is 1. The van der Waals surface area contributed by atoms with E-state index >= 15 is 0 Å². The highest BCUT2D eigenvalue weighted by molar-refractivity contribution is 7.89. The first-order chi connectivity index (χ1) is 16.8. The maximum Gasteiger partial charge on any atom is 0.253 e. The zero-order valence-corrected chi connectivity index (χ0v) is 21.2. The fraction of sp³-hybridized carbons (Fsp3) is 0.440. The number of ether oxygens (including phenoxy) is 2. The highest BCUT2D eigenvalue weighted by atomic mass is 32.2. The van der Waals surface area contributed by atoms with Crippen LogP contribution < -0.4 is 15.4 Å². The first kappa shape index (κ1) is 26.7. The van der Waals surface area contributed by atoms with Gasteiger partial charge in [-0.3, -0.25) is 9.59 Å². The van der Waals surface area contributed by atoms with E-state index < -0.39 is 10.0 Å². The Hall–Kier alpha value is -2.95.